The molecule has 0 bridgehead atoms. The van der Waals surface area contributed by atoms with Crippen molar-refractivity contribution in [1.29, 1.82) is 0 Å². The number of anilines is 2. The van der Waals surface area contributed by atoms with Gasteiger partial charge in [0.2, 0.25) is 10.0 Å². The standard InChI is InChI=1S/C25H33N3O4S/c1-3-20-9-7-8-19(2)24(20)26-25(29)22-18-21(33(30,31)28-12-5-4-6-13-28)10-11-23(22)27-14-16-32-17-15-27/h7-11,18H,3-6,12-17H2,1-2H3,(H,26,29). The first-order valence-corrected chi connectivity index (χ1v) is 13.2. The fraction of sp³-hybridized carbons (Fsp3) is 0.480. The first kappa shape index (κ1) is 23.7. The van der Waals surface area contributed by atoms with Gasteiger partial charge in [-0.15, -0.1) is 0 Å². The first-order valence-electron chi connectivity index (χ1n) is 11.8. The minimum atomic E-state index is -3.65. The van der Waals surface area contributed by atoms with Gasteiger partial charge in [0.15, 0.2) is 0 Å². The maximum Gasteiger partial charge on any atom is 0.257 e. The molecule has 4 rings (SSSR count). The second kappa shape index (κ2) is 10.2. The van der Waals surface area contributed by atoms with Gasteiger partial charge in [-0.1, -0.05) is 31.5 Å². The van der Waals surface area contributed by atoms with Gasteiger partial charge >= 0.3 is 0 Å². The summed E-state index contributed by atoms with van der Waals surface area (Å²) < 4.78 is 33.7. The number of nitrogens with one attached hydrogen (secondary N) is 1. The molecule has 33 heavy (non-hydrogen) atoms. The summed E-state index contributed by atoms with van der Waals surface area (Å²) in [6, 6.07) is 10.9. The Labute approximate surface area is 196 Å². The molecule has 0 aliphatic carbocycles. The third kappa shape index (κ3) is 5.08. The fourth-order valence-electron chi connectivity index (χ4n) is 4.57. The third-order valence-electron chi connectivity index (χ3n) is 6.50. The van der Waals surface area contributed by atoms with Crippen LogP contribution in [0.1, 0.15) is 47.7 Å². The van der Waals surface area contributed by atoms with Crippen LogP contribution in [0.2, 0.25) is 0 Å². The SMILES string of the molecule is CCc1cccc(C)c1NC(=O)c1cc(S(=O)(=O)N2CCCCC2)ccc1N1CCOCC1. The average molecular weight is 472 g/mol. The molecule has 1 N–H and O–H groups in total. The summed E-state index contributed by atoms with van der Waals surface area (Å²) in [7, 11) is -3.65. The van der Waals surface area contributed by atoms with E-state index in [4.69, 9.17) is 4.74 Å². The van der Waals surface area contributed by atoms with Crippen LogP contribution in [0, 0.1) is 6.92 Å². The molecule has 0 aromatic heterocycles. The van der Waals surface area contributed by atoms with Gasteiger partial charge in [-0.25, -0.2) is 8.42 Å². The van der Waals surface area contributed by atoms with E-state index in [2.05, 4.69) is 17.1 Å². The lowest BCUT2D eigenvalue weighted by Crippen LogP contribution is -2.38. The molecule has 178 valence electrons. The molecule has 2 fully saturated rings. The highest BCUT2D eigenvalue weighted by Crippen LogP contribution is 2.30. The van der Waals surface area contributed by atoms with Gasteiger partial charge < -0.3 is 15.0 Å². The number of sulfonamides is 1. The second-order valence-electron chi connectivity index (χ2n) is 8.66. The van der Waals surface area contributed by atoms with E-state index >= 15 is 0 Å². The van der Waals surface area contributed by atoms with Gasteiger partial charge in [-0.3, -0.25) is 4.79 Å². The highest BCUT2D eigenvalue weighted by Gasteiger charge is 2.29. The monoisotopic (exact) mass is 471 g/mol. The molecule has 2 aromatic carbocycles. The number of amides is 1. The summed E-state index contributed by atoms with van der Waals surface area (Å²) in [5, 5.41) is 3.08. The van der Waals surface area contributed by atoms with Gasteiger partial charge in [0, 0.05) is 37.6 Å². The summed E-state index contributed by atoms with van der Waals surface area (Å²) in [4.78, 5) is 15.8. The topological polar surface area (TPSA) is 79.0 Å². The van der Waals surface area contributed by atoms with E-state index in [0.29, 0.717) is 45.0 Å². The van der Waals surface area contributed by atoms with E-state index in [1.807, 2.05) is 25.1 Å². The summed E-state index contributed by atoms with van der Waals surface area (Å²) in [6.45, 7) is 7.53. The van der Waals surface area contributed by atoms with Crippen LogP contribution in [-0.2, 0) is 21.2 Å². The predicted molar refractivity (Wildman–Crippen MR) is 131 cm³/mol. The largest absolute Gasteiger partial charge is 0.378 e. The van der Waals surface area contributed by atoms with Crippen LogP contribution < -0.4 is 10.2 Å². The van der Waals surface area contributed by atoms with E-state index in [0.717, 1.165) is 48.2 Å². The Morgan fingerprint density at radius 2 is 1.76 bits per heavy atom. The van der Waals surface area contributed by atoms with E-state index in [-0.39, 0.29) is 10.8 Å². The number of carbonyl (C=O) groups is 1. The zero-order chi connectivity index (χ0) is 23.4. The van der Waals surface area contributed by atoms with Crippen LogP contribution in [0.4, 0.5) is 11.4 Å². The van der Waals surface area contributed by atoms with Crippen molar-refractivity contribution in [1.82, 2.24) is 4.31 Å². The molecule has 2 saturated heterocycles. The molecular weight excluding hydrogens is 438 g/mol. The number of para-hydroxylation sites is 1. The van der Waals surface area contributed by atoms with Crippen molar-refractivity contribution >= 4 is 27.3 Å². The smallest absolute Gasteiger partial charge is 0.257 e. The zero-order valence-electron chi connectivity index (χ0n) is 19.5. The Hall–Kier alpha value is -2.42. The van der Waals surface area contributed by atoms with Crippen molar-refractivity contribution in [2.24, 2.45) is 0 Å². The molecule has 2 heterocycles. The molecule has 0 saturated carbocycles. The quantitative estimate of drug-likeness (QED) is 0.693. The van der Waals surface area contributed by atoms with Crippen LogP contribution in [0.3, 0.4) is 0 Å². The summed E-state index contributed by atoms with van der Waals surface area (Å²) >= 11 is 0. The lowest BCUT2D eigenvalue weighted by atomic mass is 10.0. The number of aryl methyl sites for hydroxylation is 2. The van der Waals surface area contributed by atoms with Crippen LogP contribution in [0.5, 0.6) is 0 Å². The first-order chi connectivity index (χ1) is 15.9. The van der Waals surface area contributed by atoms with Crippen molar-refractivity contribution in [2.45, 2.75) is 44.4 Å². The number of piperidine rings is 1. The van der Waals surface area contributed by atoms with Crippen molar-refractivity contribution < 1.29 is 17.9 Å². The molecule has 7 nitrogen and oxygen atoms in total. The highest BCUT2D eigenvalue weighted by atomic mass is 32.2. The maximum absolute atomic E-state index is 13.6. The van der Waals surface area contributed by atoms with Gasteiger partial charge in [-0.2, -0.15) is 4.31 Å². The molecule has 0 spiro atoms. The highest BCUT2D eigenvalue weighted by molar-refractivity contribution is 7.89. The van der Waals surface area contributed by atoms with Gasteiger partial charge in [0.25, 0.3) is 5.91 Å². The lowest BCUT2D eigenvalue weighted by molar-refractivity contribution is 0.102. The molecule has 2 aliphatic rings. The summed E-state index contributed by atoms with van der Waals surface area (Å²) in [6.07, 6.45) is 3.57. The van der Waals surface area contributed by atoms with Gasteiger partial charge in [0.1, 0.15) is 0 Å². The summed E-state index contributed by atoms with van der Waals surface area (Å²) in [5.41, 5.74) is 3.93. The molecular formula is C25H33N3O4S. The van der Waals surface area contributed by atoms with E-state index in [1.165, 1.54) is 0 Å². The number of hydrogen-bond acceptors (Lipinski definition) is 5. The number of hydrogen-bond donors (Lipinski definition) is 1. The Morgan fingerprint density at radius 3 is 2.45 bits per heavy atom. The minimum Gasteiger partial charge on any atom is -0.378 e. The Bertz CT molecular complexity index is 1100. The molecule has 8 heteroatoms. The number of carbonyl (C=O) groups excluding carboxylic acids is 1. The lowest BCUT2D eigenvalue weighted by Gasteiger charge is -2.31. The molecule has 0 radical (unpaired) electrons. The number of benzene rings is 2. The Kier molecular flexibility index (Phi) is 7.36. The number of nitrogens with zero attached hydrogens (tertiary/aromatic N) is 2. The normalized spacial score (nSPS) is 17.7. The van der Waals surface area contributed by atoms with Gasteiger partial charge in [0.05, 0.1) is 23.7 Å². The molecule has 2 aromatic rings. The Morgan fingerprint density at radius 1 is 1.03 bits per heavy atom. The van der Waals surface area contributed by atoms with Crippen molar-refractivity contribution in [3.8, 4) is 0 Å². The second-order valence-corrected chi connectivity index (χ2v) is 10.6. The maximum atomic E-state index is 13.6. The van der Waals surface area contributed by atoms with Crippen molar-refractivity contribution in [2.75, 3.05) is 49.6 Å². The van der Waals surface area contributed by atoms with Crippen LogP contribution in [0.15, 0.2) is 41.3 Å². The van der Waals surface area contributed by atoms with Gasteiger partial charge in [-0.05, 0) is 55.5 Å². The molecule has 0 atom stereocenters. The molecule has 2 aliphatic heterocycles. The Balaban J connectivity index is 1.73. The summed E-state index contributed by atoms with van der Waals surface area (Å²) in [5.74, 6) is -0.295. The molecule has 0 unspecified atom stereocenters. The third-order valence-corrected chi connectivity index (χ3v) is 8.39. The number of rotatable bonds is 6. The minimum absolute atomic E-state index is 0.173. The van der Waals surface area contributed by atoms with Crippen molar-refractivity contribution in [3.05, 3.63) is 53.1 Å². The average Bonchev–Trinajstić information content (AvgIpc) is 2.86. The van der Waals surface area contributed by atoms with Crippen LogP contribution in [-0.4, -0.2) is 58.0 Å². The van der Waals surface area contributed by atoms with Crippen LogP contribution >= 0.6 is 0 Å². The number of ether oxygens (including phenoxy) is 1. The zero-order valence-corrected chi connectivity index (χ0v) is 20.3. The van der Waals surface area contributed by atoms with E-state index in [9.17, 15) is 13.2 Å². The van der Waals surface area contributed by atoms with E-state index in [1.54, 1.807) is 22.5 Å². The van der Waals surface area contributed by atoms with Crippen LogP contribution in [0.25, 0.3) is 0 Å². The number of morpholine rings is 1. The predicted octanol–water partition coefficient (Wildman–Crippen LogP) is 3.82. The van der Waals surface area contributed by atoms with E-state index < -0.39 is 10.0 Å². The molecule has 1 amide bonds. The van der Waals surface area contributed by atoms with Crippen molar-refractivity contribution in [3.63, 3.8) is 0 Å². The fourth-order valence-corrected chi connectivity index (χ4v) is 6.12.